The minimum Gasteiger partial charge on any atom is -0.400 e. The Bertz CT molecular complexity index is 398. The van der Waals surface area contributed by atoms with Crippen LogP contribution in [0.25, 0.3) is 0 Å². The maximum Gasteiger partial charge on any atom is 0.248 e. The third kappa shape index (κ3) is 5.46. The van der Waals surface area contributed by atoms with Crippen LogP contribution in [0, 0.1) is 41.4 Å². The number of alkyl halides is 2. The molecule has 0 heterocycles. The van der Waals surface area contributed by atoms with E-state index >= 15 is 0 Å². The van der Waals surface area contributed by atoms with Gasteiger partial charge in [0.2, 0.25) is 5.92 Å². The van der Waals surface area contributed by atoms with Gasteiger partial charge in [-0.15, -0.1) is 0 Å². The molecule has 162 valence electrons. The monoisotopic (exact) mass is 388 g/mol. The Hall–Kier alpha value is -0.180. The molecule has 6 unspecified atom stereocenters. The van der Waals surface area contributed by atoms with Gasteiger partial charge in [-0.3, -0.25) is 0 Å². The van der Waals surface area contributed by atoms with E-state index < -0.39 is 5.92 Å². The molecule has 4 aliphatic carbocycles. The lowest BCUT2D eigenvalue weighted by Gasteiger charge is -2.53. The Morgan fingerprint density at radius 3 is 1.81 bits per heavy atom. The van der Waals surface area contributed by atoms with Crippen LogP contribution in [-0.4, -0.2) is 18.1 Å². The highest BCUT2D eigenvalue weighted by atomic mass is 19.3. The molecule has 1 nitrogen and oxygen atoms in total. The third-order valence-corrected chi connectivity index (χ3v) is 7.91. The predicted molar refractivity (Wildman–Crippen MR) is 112 cm³/mol. The second-order valence-corrected chi connectivity index (χ2v) is 8.58. The smallest absolute Gasteiger partial charge is 0.248 e. The summed E-state index contributed by atoms with van der Waals surface area (Å²) in [5, 5.41) is 7.00. The summed E-state index contributed by atoms with van der Waals surface area (Å²) in [6, 6.07) is 0. The summed E-state index contributed by atoms with van der Waals surface area (Å²) in [5.41, 5.74) is 0. The summed E-state index contributed by atoms with van der Waals surface area (Å²) in [4.78, 5) is 0. The van der Waals surface area contributed by atoms with Crippen molar-refractivity contribution in [2.24, 2.45) is 41.4 Å². The lowest BCUT2D eigenvalue weighted by atomic mass is 9.53. The van der Waals surface area contributed by atoms with E-state index in [1.165, 1.54) is 38.5 Å². The van der Waals surface area contributed by atoms with Gasteiger partial charge in [0.05, 0.1) is 0 Å². The molecule has 0 aliphatic heterocycles. The molecule has 0 aromatic carbocycles. The van der Waals surface area contributed by atoms with Crippen molar-refractivity contribution in [2.45, 2.75) is 105 Å². The molecule has 0 amide bonds. The summed E-state index contributed by atoms with van der Waals surface area (Å²) in [5.74, 6) is 3.25. The molecular formula is C24H46F2O. The quantitative estimate of drug-likeness (QED) is 0.491. The first-order valence-electron chi connectivity index (χ1n) is 11.9. The van der Waals surface area contributed by atoms with Crippen LogP contribution in [0.5, 0.6) is 0 Å². The number of hydrogen-bond acceptors (Lipinski definition) is 1. The van der Waals surface area contributed by atoms with Gasteiger partial charge in [-0.25, -0.2) is 8.78 Å². The van der Waals surface area contributed by atoms with E-state index in [2.05, 4.69) is 6.92 Å². The Morgan fingerprint density at radius 1 is 0.704 bits per heavy atom. The lowest BCUT2D eigenvalue weighted by molar-refractivity contribution is -0.112. The van der Waals surface area contributed by atoms with Gasteiger partial charge >= 0.3 is 0 Å². The molecule has 4 rings (SSSR count). The van der Waals surface area contributed by atoms with E-state index in [-0.39, 0.29) is 12.8 Å². The van der Waals surface area contributed by atoms with Gasteiger partial charge in [-0.2, -0.15) is 0 Å². The predicted octanol–water partition coefficient (Wildman–Crippen LogP) is 7.57. The molecule has 1 N–H and O–H groups in total. The molecule has 4 saturated carbocycles. The number of aliphatic hydroxyl groups excluding tert-OH is 1. The number of fused-ring (bicyclic) bond motifs is 5. The van der Waals surface area contributed by atoms with Crippen molar-refractivity contribution in [1.82, 2.24) is 0 Å². The summed E-state index contributed by atoms with van der Waals surface area (Å²) >= 11 is 0. The topological polar surface area (TPSA) is 20.2 Å². The van der Waals surface area contributed by atoms with Crippen LogP contribution in [0.1, 0.15) is 98.8 Å². The van der Waals surface area contributed by atoms with Crippen molar-refractivity contribution in [3.05, 3.63) is 0 Å². The Balaban J connectivity index is 0.000000556. The first-order valence-corrected chi connectivity index (χ1v) is 11.9. The van der Waals surface area contributed by atoms with Crippen LogP contribution in [0.2, 0.25) is 0 Å². The summed E-state index contributed by atoms with van der Waals surface area (Å²) in [6.45, 7) is 10.4. The minimum atomic E-state index is -2.36. The molecule has 7 atom stereocenters. The van der Waals surface area contributed by atoms with Gasteiger partial charge in [-0.1, -0.05) is 41.0 Å². The second-order valence-electron chi connectivity index (χ2n) is 8.58. The summed E-state index contributed by atoms with van der Waals surface area (Å²) < 4.78 is 27.4. The van der Waals surface area contributed by atoms with E-state index in [9.17, 15) is 8.78 Å². The van der Waals surface area contributed by atoms with Crippen LogP contribution >= 0.6 is 0 Å². The highest BCUT2D eigenvalue weighted by Gasteiger charge is 2.53. The first-order chi connectivity index (χ1) is 13.1. The van der Waals surface area contributed by atoms with Crippen molar-refractivity contribution in [3.8, 4) is 0 Å². The molecule has 0 saturated heterocycles. The normalized spacial score (nSPS) is 41.0. The maximum absolute atomic E-state index is 13.7. The molecule has 4 aliphatic rings. The van der Waals surface area contributed by atoms with E-state index in [0.29, 0.717) is 11.8 Å². The van der Waals surface area contributed by atoms with Crippen LogP contribution in [-0.2, 0) is 0 Å². The molecule has 3 heteroatoms. The summed E-state index contributed by atoms with van der Waals surface area (Å²) in [6.07, 6.45) is 10.6. The van der Waals surface area contributed by atoms with E-state index in [1.807, 2.05) is 27.7 Å². The van der Waals surface area contributed by atoms with Crippen molar-refractivity contribution in [3.63, 3.8) is 0 Å². The fourth-order valence-corrected chi connectivity index (χ4v) is 7.09. The fourth-order valence-electron chi connectivity index (χ4n) is 7.09. The van der Waals surface area contributed by atoms with Crippen molar-refractivity contribution in [2.75, 3.05) is 7.11 Å². The average Bonchev–Trinajstić information content (AvgIpc) is 3.15. The molecule has 0 aromatic rings. The van der Waals surface area contributed by atoms with Crippen LogP contribution in [0.4, 0.5) is 8.78 Å². The molecule has 0 radical (unpaired) electrons. The molecule has 27 heavy (non-hydrogen) atoms. The van der Waals surface area contributed by atoms with Gasteiger partial charge in [0.15, 0.2) is 0 Å². The highest BCUT2D eigenvalue weighted by molar-refractivity contribution is 5.01. The van der Waals surface area contributed by atoms with Crippen molar-refractivity contribution < 1.29 is 13.9 Å². The average molecular weight is 389 g/mol. The third-order valence-electron chi connectivity index (χ3n) is 7.91. The van der Waals surface area contributed by atoms with Gasteiger partial charge in [0, 0.05) is 20.0 Å². The number of aliphatic hydroxyl groups is 1. The van der Waals surface area contributed by atoms with Crippen molar-refractivity contribution >= 4 is 0 Å². The zero-order valence-corrected chi connectivity index (χ0v) is 18.8. The molecule has 0 aromatic heterocycles. The minimum absolute atomic E-state index is 0.170. The van der Waals surface area contributed by atoms with Crippen LogP contribution < -0.4 is 0 Å². The zero-order chi connectivity index (χ0) is 20.6. The second kappa shape index (κ2) is 11.7. The summed E-state index contributed by atoms with van der Waals surface area (Å²) in [7, 11) is 1.00. The SMILES string of the molecule is CC.CC.CCC1CC[C@@H]2C1CCC1C3CCC(F)(F)CC3CCC12.CO. The van der Waals surface area contributed by atoms with Gasteiger partial charge in [0.1, 0.15) is 0 Å². The van der Waals surface area contributed by atoms with Crippen LogP contribution in [0.3, 0.4) is 0 Å². The zero-order valence-electron chi connectivity index (χ0n) is 18.8. The van der Waals surface area contributed by atoms with Crippen molar-refractivity contribution in [1.29, 1.82) is 0 Å². The maximum atomic E-state index is 13.7. The fraction of sp³-hybridized carbons (Fsp3) is 1.00. The number of hydrogen-bond donors (Lipinski definition) is 1. The first kappa shape index (κ1) is 24.9. The molecule has 0 spiro atoms. The van der Waals surface area contributed by atoms with Crippen LogP contribution in [0.15, 0.2) is 0 Å². The largest absolute Gasteiger partial charge is 0.400 e. The molecular weight excluding hydrogens is 342 g/mol. The van der Waals surface area contributed by atoms with E-state index in [4.69, 9.17) is 5.11 Å². The standard InChI is InChI=1S/C19H30F2.2C2H6.CH4O/c1-2-12-3-5-16-14(12)7-8-17-15-9-10-19(20,21)11-13(15)4-6-18(16)17;3*1-2/h12-18H,2-11H2,1H3;2*1-2H3;2H,1H3/t12?,13?,14?,15?,16-,17?,18?;;;/m1.../s1. The molecule has 0 bridgehead atoms. The lowest BCUT2D eigenvalue weighted by Crippen LogP contribution is -2.46. The van der Waals surface area contributed by atoms with Gasteiger partial charge < -0.3 is 5.11 Å². The van der Waals surface area contributed by atoms with Gasteiger partial charge in [0.25, 0.3) is 0 Å². The Kier molecular flexibility index (Phi) is 10.8. The molecule has 4 fully saturated rings. The Labute approximate surface area is 167 Å². The number of rotatable bonds is 1. The van der Waals surface area contributed by atoms with E-state index in [1.54, 1.807) is 0 Å². The van der Waals surface area contributed by atoms with Gasteiger partial charge in [-0.05, 0) is 86.4 Å². The number of halogens is 2. The Morgan fingerprint density at radius 2 is 1.19 bits per heavy atom. The van der Waals surface area contributed by atoms with E-state index in [0.717, 1.165) is 49.5 Å². The highest BCUT2D eigenvalue weighted by Crippen LogP contribution is 2.60.